The van der Waals surface area contributed by atoms with Gasteiger partial charge in [-0.2, -0.15) is 0 Å². The third-order valence-electron chi connectivity index (χ3n) is 5.36. The fraction of sp³-hybridized carbons (Fsp3) is 0.688. The van der Waals surface area contributed by atoms with E-state index in [1.165, 1.54) is 29.7 Å². The van der Waals surface area contributed by atoms with Gasteiger partial charge in [0.15, 0.2) is 0 Å². The molecule has 0 N–H and O–H groups in total. The SMILES string of the molecule is CCC1c2ccsc2CCN1C(=O)C1CC2CC2C1. The molecule has 2 heterocycles. The number of hydrogen-bond donors (Lipinski definition) is 0. The Morgan fingerprint density at radius 3 is 2.89 bits per heavy atom. The molecule has 0 saturated heterocycles. The molecule has 0 bridgehead atoms. The normalized spacial score (nSPS) is 35.9. The van der Waals surface area contributed by atoms with E-state index < -0.39 is 0 Å². The van der Waals surface area contributed by atoms with Crippen molar-refractivity contribution in [1.29, 1.82) is 0 Å². The van der Waals surface area contributed by atoms with Gasteiger partial charge < -0.3 is 4.90 Å². The lowest BCUT2D eigenvalue weighted by molar-refractivity contribution is -0.138. The van der Waals surface area contributed by atoms with Crippen molar-refractivity contribution in [1.82, 2.24) is 4.90 Å². The van der Waals surface area contributed by atoms with Crippen molar-refractivity contribution in [3.05, 3.63) is 21.9 Å². The lowest BCUT2D eigenvalue weighted by Gasteiger charge is -2.37. The monoisotopic (exact) mass is 275 g/mol. The minimum Gasteiger partial charge on any atom is -0.335 e. The predicted octanol–water partition coefficient (Wildman–Crippen LogP) is 3.63. The third kappa shape index (κ3) is 1.85. The van der Waals surface area contributed by atoms with Crippen LogP contribution >= 0.6 is 11.3 Å². The Labute approximate surface area is 118 Å². The van der Waals surface area contributed by atoms with Crippen LogP contribution in [0.5, 0.6) is 0 Å². The lowest BCUT2D eigenvalue weighted by Crippen LogP contribution is -2.42. The molecule has 0 aromatic carbocycles. The van der Waals surface area contributed by atoms with E-state index in [9.17, 15) is 4.79 Å². The van der Waals surface area contributed by atoms with E-state index in [-0.39, 0.29) is 0 Å². The second-order valence-corrected chi connectivity index (χ2v) is 7.43. The molecule has 1 aromatic rings. The van der Waals surface area contributed by atoms with E-state index >= 15 is 0 Å². The summed E-state index contributed by atoms with van der Waals surface area (Å²) in [6.45, 7) is 3.15. The molecular formula is C16H21NOS. The minimum atomic E-state index is 0.345. The van der Waals surface area contributed by atoms with Gasteiger partial charge in [-0.3, -0.25) is 4.79 Å². The molecule has 2 saturated carbocycles. The van der Waals surface area contributed by atoms with Crippen molar-refractivity contribution < 1.29 is 4.79 Å². The van der Waals surface area contributed by atoms with Gasteiger partial charge in [-0.25, -0.2) is 0 Å². The molecule has 2 aliphatic carbocycles. The van der Waals surface area contributed by atoms with Crippen molar-refractivity contribution in [2.24, 2.45) is 17.8 Å². The van der Waals surface area contributed by atoms with Crippen LogP contribution in [-0.2, 0) is 11.2 Å². The number of hydrogen-bond acceptors (Lipinski definition) is 2. The molecule has 2 nitrogen and oxygen atoms in total. The summed E-state index contributed by atoms with van der Waals surface area (Å²) in [5, 5.41) is 2.19. The van der Waals surface area contributed by atoms with Crippen LogP contribution in [0.3, 0.4) is 0 Å². The number of carbonyl (C=O) groups excluding carboxylic acids is 1. The molecule has 1 amide bonds. The van der Waals surface area contributed by atoms with Crippen LogP contribution in [-0.4, -0.2) is 17.4 Å². The van der Waals surface area contributed by atoms with E-state index in [0.29, 0.717) is 17.9 Å². The minimum absolute atomic E-state index is 0.345. The predicted molar refractivity (Wildman–Crippen MR) is 77.1 cm³/mol. The second kappa shape index (κ2) is 4.34. The molecular weight excluding hydrogens is 254 g/mol. The zero-order chi connectivity index (χ0) is 13.0. The first-order chi connectivity index (χ1) is 9.28. The first-order valence-electron chi connectivity index (χ1n) is 7.64. The van der Waals surface area contributed by atoms with Crippen molar-refractivity contribution in [3.63, 3.8) is 0 Å². The highest BCUT2D eigenvalue weighted by atomic mass is 32.1. The Morgan fingerprint density at radius 1 is 1.37 bits per heavy atom. The molecule has 2 fully saturated rings. The summed E-state index contributed by atoms with van der Waals surface area (Å²) in [7, 11) is 0. The standard InChI is InChI=1S/C16H21NOS/c1-2-14-13-4-6-19-15(13)3-5-17(14)16(18)12-8-10-7-11(10)9-12/h4,6,10-12,14H,2-3,5,7-9H2,1H3. The van der Waals surface area contributed by atoms with Crippen molar-refractivity contribution in [2.75, 3.05) is 6.54 Å². The van der Waals surface area contributed by atoms with Crippen LogP contribution in [0.4, 0.5) is 0 Å². The van der Waals surface area contributed by atoms with Gasteiger partial charge in [0, 0.05) is 17.3 Å². The molecule has 1 aliphatic heterocycles. The Kier molecular flexibility index (Phi) is 2.73. The number of nitrogens with zero attached hydrogens (tertiary/aromatic N) is 1. The van der Waals surface area contributed by atoms with E-state index in [4.69, 9.17) is 0 Å². The molecule has 3 heteroatoms. The zero-order valence-electron chi connectivity index (χ0n) is 11.5. The van der Waals surface area contributed by atoms with Gasteiger partial charge in [0.1, 0.15) is 0 Å². The van der Waals surface area contributed by atoms with Gasteiger partial charge in [0.05, 0.1) is 6.04 Å². The molecule has 102 valence electrons. The van der Waals surface area contributed by atoms with E-state index in [1.54, 1.807) is 0 Å². The summed E-state index contributed by atoms with van der Waals surface area (Å²) in [6, 6.07) is 2.58. The molecule has 0 radical (unpaired) electrons. The summed E-state index contributed by atoms with van der Waals surface area (Å²) >= 11 is 1.86. The van der Waals surface area contributed by atoms with Gasteiger partial charge in [0.2, 0.25) is 5.91 Å². The molecule has 3 unspecified atom stereocenters. The fourth-order valence-electron chi connectivity index (χ4n) is 4.25. The number of rotatable bonds is 2. The third-order valence-corrected chi connectivity index (χ3v) is 6.35. The van der Waals surface area contributed by atoms with Crippen LogP contribution in [0.2, 0.25) is 0 Å². The maximum absolute atomic E-state index is 12.8. The summed E-state index contributed by atoms with van der Waals surface area (Å²) < 4.78 is 0. The van der Waals surface area contributed by atoms with E-state index in [2.05, 4.69) is 23.3 Å². The van der Waals surface area contributed by atoms with Crippen LogP contribution in [0, 0.1) is 17.8 Å². The molecule has 3 atom stereocenters. The lowest BCUT2D eigenvalue weighted by atomic mass is 9.94. The van der Waals surface area contributed by atoms with Crippen LogP contribution in [0.25, 0.3) is 0 Å². The van der Waals surface area contributed by atoms with Crippen LogP contribution in [0.1, 0.15) is 49.1 Å². The highest BCUT2D eigenvalue weighted by molar-refractivity contribution is 7.10. The Bertz CT molecular complexity index is 499. The largest absolute Gasteiger partial charge is 0.335 e. The summed E-state index contributed by atoms with van der Waals surface area (Å²) in [5.74, 6) is 2.60. The van der Waals surface area contributed by atoms with Crippen molar-refractivity contribution in [3.8, 4) is 0 Å². The maximum atomic E-state index is 12.8. The molecule has 1 aromatic heterocycles. The van der Waals surface area contributed by atoms with Gasteiger partial charge >= 0.3 is 0 Å². The highest BCUT2D eigenvalue weighted by Gasteiger charge is 2.49. The molecule has 3 aliphatic rings. The topological polar surface area (TPSA) is 20.3 Å². The Morgan fingerprint density at radius 2 is 2.16 bits per heavy atom. The molecule has 19 heavy (non-hydrogen) atoms. The smallest absolute Gasteiger partial charge is 0.226 e. The van der Waals surface area contributed by atoms with Gasteiger partial charge in [0.25, 0.3) is 0 Å². The van der Waals surface area contributed by atoms with Gasteiger partial charge in [-0.1, -0.05) is 6.92 Å². The number of amides is 1. The Balaban J connectivity index is 1.56. The second-order valence-electron chi connectivity index (χ2n) is 6.43. The van der Waals surface area contributed by atoms with Crippen LogP contribution < -0.4 is 0 Å². The van der Waals surface area contributed by atoms with Crippen molar-refractivity contribution >= 4 is 17.2 Å². The average Bonchev–Trinajstić information content (AvgIpc) is 2.87. The number of carbonyl (C=O) groups is 1. The average molecular weight is 275 g/mol. The first-order valence-corrected chi connectivity index (χ1v) is 8.52. The number of fused-ring (bicyclic) bond motifs is 2. The van der Waals surface area contributed by atoms with Crippen LogP contribution in [0.15, 0.2) is 11.4 Å². The first kappa shape index (κ1) is 12.0. The van der Waals surface area contributed by atoms with E-state index in [1.807, 2.05) is 11.3 Å². The summed E-state index contributed by atoms with van der Waals surface area (Å²) in [5.41, 5.74) is 1.43. The van der Waals surface area contributed by atoms with E-state index in [0.717, 1.165) is 31.2 Å². The van der Waals surface area contributed by atoms with Gasteiger partial charge in [-0.15, -0.1) is 11.3 Å². The Hall–Kier alpha value is -0.830. The van der Waals surface area contributed by atoms with Crippen molar-refractivity contribution in [2.45, 2.75) is 45.1 Å². The zero-order valence-corrected chi connectivity index (χ0v) is 12.3. The highest BCUT2D eigenvalue weighted by Crippen LogP contribution is 2.55. The van der Waals surface area contributed by atoms with Gasteiger partial charge in [-0.05, 0) is 60.9 Å². The fourth-order valence-corrected chi connectivity index (χ4v) is 5.18. The quantitative estimate of drug-likeness (QED) is 0.807. The number of thiophene rings is 1. The maximum Gasteiger partial charge on any atom is 0.226 e. The summed E-state index contributed by atoms with van der Waals surface area (Å²) in [6.07, 6.45) is 5.86. The molecule has 0 spiro atoms. The molecule has 4 rings (SSSR count). The summed E-state index contributed by atoms with van der Waals surface area (Å²) in [4.78, 5) is 16.5.